The molecular formula is C8H19N3O. The van der Waals surface area contributed by atoms with Crippen LogP contribution in [0.25, 0.3) is 0 Å². The van der Waals surface area contributed by atoms with Crippen molar-refractivity contribution in [3.05, 3.63) is 0 Å². The number of nitrogens with zero attached hydrogens (tertiary/aromatic N) is 1. The van der Waals surface area contributed by atoms with Gasteiger partial charge in [0.1, 0.15) is 0 Å². The van der Waals surface area contributed by atoms with Crippen LogP contribution in [0.4, 0.5) is 0 Å². The summed E-state index contributed by atoms with van der Waals surface area (Å²) >= 11 is 0. The molecule has 4 nitrogen and oxygen atoms in total. The summed E-state index contributed by atoms with van der Waals surface area (Å²) in [7, 11) is 0. The quantitative estimate of drug-likeness (QED) is 0.392. The van der Waals surface area contributed by atoms with Crippen molar-refractivity contribution in [2.45, 2.75) is 26.2 Å². The molecule has 1 unspecified atom stereocenters. The largest absolute Gasteiger partial charge is 0.396 e. The Balaban J connectivity index is 3.69. The molecule has 72 valence electrons. The number of aliphatic hydroxyl groups is 1. The minimum absolute atomic E-state index is 0.133. The van der Waals surface area contributed by atoms with Gasteiger partial charge in [-0.1, -0.05) is 13.3 Å². The predicted octanol–water partition coefficient (Wildman–Crippen LogP) is 0.0585. The molecule has 0 aromatic carbocycles. The van der Waals surface area contributed by atoms with Gasteiger partial charge in [0.05, 0.1) is 0 Å². The van der Waals surface area contributed by atoms with Crippen molar-refractivity contribution >= 4 is 5.96 Å². The topological polar surface area (TPSA) is 84.6 Å². The molecule has 0 aliphatic rings. The van der Waals surface area contributed by atoms with E-state index in [4.69, 9.17) is 16.6 Å². The fourth-order valence-electron chi connectivity index (χ4n) is 1.15. The van der Waals surface area contributed by atoms with Crippen molar-refractivity contribution in [1.82, 2.24) is 0 Å². The van der Waals surface area contributed by atoms with E-state index < -0.39 is 0 Å². The van der Waals surface area contributed by atoms with Gasteiger partial charge < -0.3 is 16.6 Å². The van der Waals surface area contributed by atoms with Crippen LogP contribution in [0.2, 0.25) is 0 Å². The second kappa shape index (κ2) is 6.91. The Bertz CT molecular complexity index is 126. The lowest BCUT2D eigenvalue weighted by atomic mass is 10.0. The third-order valence-corrected chi connectivity index (χ3v) is 1.77. The van der Waals surface area contributed by atoms with Gasteiger partial charge in [0.2, 0.25) is 0 Å². The third kappa shape index (κ3) is 5.97. The molecule has 0 fully saturated rings. The number of nitrogens with two attached hydrogens (primary N) is 2. The van der Waals surface area contributed by atoms with Crippen molar-refractivity contribution in [3.8, 4) is 0 Å². The standard InChI is InChI=1S/C8H19N3O/c1-2-3-7(4-5-12)6-11-8(9)10/h7,12H,2-6H2,1H3,(H4,9,10,11). The molecule has 0 heterocycles. The number of rotatable bonds is 6. The van der Waals surface area contributed by atoms with Crippen LogP contribution in [0.5, 0.6) is 0 Å². The zero-order chi connectivity index (χ0) is 9.40. The normalized spacial score (nSPS) is 12.5. The van der Waals surface area contributed by atoms with E-state index in [2.05, 4.69) is 11.9 Å². The first-order valence-electron chi connectivity index (χ1n) is 4.37. The fraction of sp³-hybridized carbons (Fsp3) is 0.875. The molecule has 0 bridgehead atoms. The van der Waals surface area contributed by atoms with E-state index in [-0.39, 0.29) is 12.6 Å². The Labute approximate surface area is 73.7 Å². The highest BCUT2D eigenvalue weighted by Gasteiger charge is 2.05. The predicted molar refractivity (Wildman–Crippen MR) is 50.8 cm³/mol. The fourth-order valence-corrected chi connectivity index (χ4v) is 1.15. The van der Waals surface area contributed by atoms with Gasteiger partial charge in [-0.2, -0.15) is 0 Å². The van der Waals surface area contributed by atoms with E-state index in [1.807, 2.05) is 0 Å². The van der Waals surface area contributed by atoms with Gasteiger partial charge in [-0.25, -0.2) is 0 Å². The lowest BCUT2D eigenvalue weighted by Crippen LogP contribution is -2.24. The van der Waals surface area contributed by atoms with Crippen LogP contribution < -0.4 is 11.5 Å². The first-order chi connectivity index (χ1) is 5.70. The highest BCUT2D eigenvalue weighted by Crippen LogP contribution is 2.10. The minimum Gasteiger partial charge on any atom is -0.396 e. The molecule has 0 aliphatic carbocycles. The second-order valence-corrected chi connectivity index (χ2v) is 2.93. The maximum absolute atomic E-state index is 8.72. The summed E-state index contributed by atoms with van der Waals surface area (Å²) in [5.41, 5.74) is 10.4. The van der Waals surface area contributed by atoms with E-state index in [0.29, 0.717) is 12.5 Å². The summed E-state index contributed by atoms with van der Waals surface area (Å²) in [6.07, 6.45) is 2.95. The first-order valence-corrected chi connectivity index (χ1v) is 4.37. The second-order valence-electron chi connectivity index (χ2n) is 2.93. The molecule has 0 aromatic heterocycles. The molecule has 0 saturated carbocycles. The molecule has 0 radical (unpaired) electrons. The van der Waals surface area contributed by atoms with Gasteiger partial charge in [-0.15, -0.1) is 0 Å². The van der Waals surface area contributed by atoms with E-state index in [9.17, 15) is 0 Å². The number of aliphatic imine (C=N–C) groups is 1. The zero-order valence-corrected chi connectivity index (χ0v) is 7.66. The molecule has 0 spiro atoms. The molecule has 0 saturated heterocycles. The lowest BCUT2D eigenvalue weighted by Gasteiger charge is -2.11. The Morgan fingerprint density at radius 1 is 1.42 bits per heavy atom. The number of hydrogen-bond donors (Lipinski definition) is 3. The van der Waals surface area contributed by atoms with Crippen LogP contribution in [0.3, 0.4) is 0 Å². The highest BCUT2D eigenvalue weighted by atomic mass is 16.3. The van der Waals surface area contributed by atoms with Crippen molar-refractivity contribution < 1.29 is 5.11 Å². The monoisotopic (exact) mass is 173 g/mol. The smallest absolute Gasteiger partial charge is 0.185 e. The van der Waals surface area contributed by atoms with E-state index >= 15 is 0 Å². The summed E-state index contributed by atoms with van der Waals surface area (Å²) in [5.74, 6) is 0.552. The van der Waals surface area contributed by atoms with Crippen LogP contribution in [-0.2, 0) is 0 Å². The summed E-state index contributed by atoms with van der Waals surface area (Å²) in [4.78, 5) is 3.92. The SMILES string of the molecule is CCCC(CCO)CN=C(N)N. The molecule has 5 N–H and O–H groups in total. The Morgan fingerprint density at radius 3 is 2.50 bits per heavy atom. The zero-order valence-electron chi connectivity index (χ0n) is 7.66. The van der Waals surface area contributed by atoms with E-state index in [1.165, 1.54) is 0 Å². The molecule has 0 amide bonds. The van der Waals surface area contributed by atoms with Gasteiger partial charge in [0, 0.05) is 13.2 Å². The van der Waals surface area contributed by atoms with Crippen LogP contribution in [0.15, 0.2) is 4.99 Å². The molecular weight excluding hydrogens is 154 g/mol. The Morgan fingerprint density at radius 2 is 2.08 bits per heavy atom. The van der Waals surface area contributed by atoms with Crippen molar-refractivity contribution in [3.63, 3.8) is 0 Å². The van der Waals surface area contributed by atoms with Crippen molar-refractivity contribution in [2.75, 3.05) is 13.2 Å². The Hall–Kier alpha value is -0.770. The highest BCUT2D eigenvalue weighted by molar-refractivity contribution is 5.75. The van der Waals surface area contributed by atoms with Gasteiger partial charge in [0.25, 0.3) is 0 Å². The van der Waals surface area contributed by atoms with Gasteiger partial charge >= 0.3 is 0 Å². The van der Waals surface area contributed by atoms with Crippen LogP contribution >= 0.6 is 0 Å². The van der Waals surface area contributed by atoms with Crippen molar-refractivity contribution in [2.24, 2.45) is 22.4 Å². The number of aliphatic hydroxyl groups excluding tert-OH is 1. The third-order valence-electron chi connectivity index (χ3n) is 1.77. The summed E-state index contributed by atoms with van der Waals surface area (Å²) in [6, 6.07) is 0. The number of guanidine groups is 1. The first kappa shape index (κ1) is 11.2. The minimum atomic E-state index is 0.133. The molecule has 12 heavy (non-hydrogen) atoms. The van der Waals surface area contributed by atoms with Crippen LogP contribution in [0, 0.1) is 5.92 Å². The maximum Gasteiger partial charge on any atom is 0.185 e. The average molecular weight is 173 g/mol. The lowest BCUT2D eigenvalue weighted by molar-refractivity contribution is 0.253. The Kier molecular flexibility index (Phi) is 6.47. The summed E-state index contributed by atoms with van der Waals surface area (Å²) < 4.78 is 0. The van der Waals surface area contributed by atoms with E-state index in [1.54, 1.807) is 0 Å². The summed E-state index contributed by atoms with van der Waals surface area (Å²) in [6.45, 7) is 2.96. The maximum atomic E-state index is 8.72. The van der Waals surface area contributed by atoms with Crippen LogP contribution in [-0.4, -0.2) is 24.2 Å². The molecule has 0 aromatic rings. The average Bonchev–Trinajstić information content (AvgIpc) is 2.01. The van der Waals surface area contributed by atoms with E-state index in [0.717, 1.165) is 19.3 Å². The van der Waals surface area contributed by atoms with Gasteiger partial charge in [-0.3, -0.25) is 4.99 Å². The molecule has 4 heteroatoms. The summed E-state index contributed by atoms with van der Waals surface area (Å²) in [5, 5.41) is 8.72. The number of hydrogen-bond acceptors (Lipinski definition) is 2. The molecule has 0 aliphatic heterocycles. The van der Waals surface area contributed by atoms with Crippen molar-refractivity contribution in [1.29, 1.82) is 0 Å². The van der Waals surface area contributed by atoms with Crippen LogP contribution in [0.1, 0.15) is 26.2 Å². The molecule has 0 rings (SSSR count). The van der Waals surface area contributed by atoms with Gasteiger partial charge in [-0.05, 0) is 18.8 Å². The molecule has 1 atom stereocenters. The van der Waals surface area contributed by atoms with Gasteiger partial charge in [0.15, 0.2) is 5.96 Å².